The molecule has 2 aromatic carbocycles. The fraction of sp³-hybridized carbons (Fsp3) is 0.278. The van der Waals surface area contributed by atoms with Crippen LogP contribution in [0.2, 0.25) is 0 Å². The van der Waals surface area contributed by atoms with E-state index in [4.69, 9.17) is 0 Å². The molecule has 1 aliphatic heterocycles. The molecule has 0 aliphatic carbocycles. The third kappa shape index (κ3) is 3.45. The zero-order valence-electron chi connectivity index (χ0n) is 13.8. The highest BCUT2D eigenvalue weighted by Gasteiger charge is 2.28. The molecule has 3 rings (SSSR count). The van der Waals surface area contributed by atoms with E-state index in [1.54, 1.807) is 28.0 Å². The number of aryl methyl sites for hydroxylation is 1. The van der Waals surface area contributed by atoms with Crippen LogP contribution >= 0.6 is 0 Å². The smallest absolute Gasteiger partial charge is 0.327 e. The summed E-state index contributed by atoms with van der Waals surface area (Å²) in [7, 11) is 0. The first-order chi connectivity index (χ1) is 12.0. The predicted octanol–water partition coefficient (Wildman–Crippen LogP) is 3.00. The standard InChI is InChI=1S/C18H18FN3O3/c1-13-5-7-14(8-6-13)18(23)21-11-9-20(10-12-21)16-4-2-3-15(19)17(16)22(24)25/h2-8H,9-12H2,1H3. The van der Waals surface area contributed by atoms with Crippen molar-refractivity contribution in [1.82, 2.24) is 4.90 Å². The average molecular weight is 343 g/mol. The minimum absolute atomic E-state index is 0.0617. The molecule has 0 saturated carbocycles. The number of amides is 1. The second-order valence-electron chi connectivity index (χ2n) is 6.01. The molecule has 1 fully saturated rings. The lowest BCUT2D eigenvalue weighted by Crippen LogP contribution is -2.49. The maximum Gasteiger partial charge on any atom is 0.327 e. The van der Waals surface area contributed by atoms with E-state index >= 15 is 0 Å². The Kier molecular flexibility index (Phi) is 4.65. The van der Waals surface area contributed by atoms with E-state index < -0.39 is 16.4 Å². The number of anilines is 1. The average Bonchev–Trinajstić information content (AvgIpc) is 2.61. The van der Waals surface area contributed by atoms with Gasteiger partial charge in [-0.05, 0) is 31.2 Å². The Bertz CT molecular complexity index is 800. The number of piperazine rings is 1. The molecule has 130 valence electrons. The number of nitro benzene ring substituents is 1. The van der Waals surface area contributed by atoms with E-state index in [-0.39, 0.29) is 11.6 Å². The van der Waals surface area contributed by atoms with E-state index in [2.05, 4.69) is 0 Å². The van der Waals surface area contributed by atoms with E-state index in [0.29, 0.717) is 31.7 Å². The van der Waals surface area contributed by atoms with Crippen molar-refractivity contribution in [1.29, 1.82) is 0 Å². The van der Waals surface area contributed by atoms with Crippen molar-refractivity contribution in [2.24, 2.45) is 0 Å². The number of halogens is 1. The zero-order valence-corrected chi connectivity index (χ0v) is 13.8. The second-order valence-corrected chi connectivity index (χ2v) is 6.01. The number of carbonyl (C=O) groups excluding carboxylic acids is 1. The molecule has 1 saturated heterocycles. The van der Waals surface area contributed by atoms with Crippen LogP contribution in [0.4, 0.5) is 15.8 Å². The quantitative estimate of drug-likeness (QED) is 0.635. The highest BCUT2D eigenvalue weighted by molar-refractivity contribution is 5.94. The first kappa shape index (κ1) is 16.9. The Hall–Kier alpha value is -2.96. The van der Waals surface area contributed by atoms with Crippen molar-refractivity contribution in [3.8, 4) is 0 Å². The van der Waals surface area contributed by atoms with Crippen LogP contribution in [0.1, 0.15) is 15.9 Å². The summed E-state index contributed by atoms with van der Waals surface area (Å²) in [6.45, 7) is 3.66. The first-order valence-corrected chi connectivity index (χ1v) is 8.01. The van der Waals surface area contributed by atoms with E-state index in [9.17, 15) is 19.3 Å². The first-order valence-electron chi connectivity index (χ1n) is 8.01. The lowest BCUT2D eigenvalue weighted by atomic mass is 10.1. The Morgan fingerprint density at radius 3 is 2.32 bits per heavy atom. The fourth-order valence-corrected chi connectivity index (χ4v) is 2.97. The van der Waals surface area contributed by atoms with Gasteiger partial charge in [-0.1, -0.05) is 23.8 Å². The van der Waals surface area contributed by atoms with Crippen LogP contribution in [-0.2, 0) is 0 Å². The lowest BCUT2D eigenvalue weighted by molar-refractivity contribution is -0.386. The van der Waals surface area contributed by atoms with Gasteiger partial charge < -0.3 is 9.80 Å². The lowest BCUT2D eigenvalue weighted by Gasteiger charge is -2.35. The number of carbonyl (C=O) groups is 1. The summed E-state index contributed by atoms with van der Waals surface area (Å²) in [4.78, 5) is 26.4. The van der Waals surface area contributed by atoms with Crippen molar-refractivity contribution in [3.63, 3.8) is 0 Å². The van der Waals surface area contributed by atoms with Gasteiger partial charge in [0.15, 0.2) is 0 Å². The molecular weight excluding hydrogens is 325 g/mol. The molecule has 0 radical (unpaired) electrons. The Labute approximate surface area is 144 Å². The van der Waals surface area contributed by atoms with E-state index in [0.717, 1.165) is 11.6 Å². The summed E-state index contributed by atoms with van der Waals surface area (Å²) in [6.07, 6.45) is 0. The molecule has 7 heteroatoms. The van der Waals surface area contributed by atoms with Gasteiger partial charge in [0.1, 0.15) is 5.69 Å². The van der Waals surface area contributed by atoms with E-state index in [1.807, 2.05) is 19.1 Å². The molecule has 1 heterocycles. The summed E-state index contributed by atoms with van der Waals surface area (Å²) in [5, 5.41) is 11.1. The van der Waals surface area contributed by atoms with Gasteiger partial charge in [0.25, 0.3) is 5.91 Å². The molecule has 0 N–H and O–H groups in total. The monoisotopic (exact) mass is 343 g/mol. The summed E-state index contributed by atoms with van der Waals surface area (Å²) in [5.74, 6) is -0.908. The van der Waals surface area contributed by atoms with Crippen molar-refractivity contribution >= 4 is 17.3 Å². The second kappa shape index (κ2) is 6.88. The van der Waals surface area contributed by atoms with E-state index in [1.165, 1.54) is 6.07 Å². The highest BCUT2D eigenvalue weighted by atomic mass is 19.1. The fourth-order valence-electron chi connectivity index (χ4n) is 2.97. The number of hydrogen-bond donors (Lipinski definition) is 0. The van der Waals surface area contributed by atoms with Crippen LogP contribution in [0.25, 0.3) is 0 Å². The van der Waals surface area contributed by atoms with Gasteiger partial charge in [0.2, 0.25) is 5.82 Å². The molecule has 0 atom stereocenters. The van der Waals surface area contributed by atoms with Gasteiger partial charge in [-0.3, -0.25) is 14.9 Å². The topological polar surface area (TPSA) is 66.7 Å². The third-order valence-corrected chi connectivity index (χ3v) is 4.35. The Balaban J connectivity index is 1.72. The number of nitrogens with zero attached hydrogens (tertiary/aromatic N) is 3. The molecule has 1 aliphatic rings. The summed E-state index contributed by atoms with van der Waals surface area (Å²) in [5.41, 5.74) is 1.45. The maximum atomic E-state index is 13.8. The highest BCUT2D eigenvalue weighted by Crippen LogP contribution is 2.31. The SMILES string of the molecule is Cc1ccc(C(=O)N2CCN(c3cccc(F)c3[N+](=O)[O-])CC2)cc1. The van der Waals surface area contributed by atoms with Crippen LogP contribution in [0.3, 0.4) is 0 Å². The molecular formula is C18H18FN3O3. The predicted molar refractivity (Wildman–Crippen MR) is 92.3 cm³/mol. The third-order valence-electron chi connectivity index (χ3n) is 4.35. The minimum atomic E-state index is -0.847. The minimum Gasteiger partial charge on any atom is -0.362 e. The maximum absolute atomic E-state index is 13.8. The molecule has 6 nitrogen and oxygen atoms in total. The van der Waals surface area contributed by atoms with Gasteiger partial charge in [-0.2, -0.15) is 4.39 Å². The van der Waals surface area contributed by atoms with Crippen molar-refractivity contribution in [2.45, 2.75) is 6.92 Å². The molecule has 0 aromatic heterocycles. The molecule has 0 unspecified atom stereocenters. The van der Waals surface area contributed by atoms with Crippen molar-refractivity contribution in [3.05, 3.63) is 69.5 Å². The summed E-state index contributed by atoms with van der Waals surface area (Å²) in [6, 6.07) is 11.4. The largest absolute Gasteiger partial charge is 0.362 e. The number of rotatable bonds is 3. The van der Waals surface area contributed by atoms with Crippen LogP contribution in [0, 0.1) is 22.9 Å². The van der Waals surface area contributed by atoms with Crippen molar-refractivity contribution < 1.29 is 14.1 Å². The number of hydrogen-bond acceptors (Lipinski definition) is 4. The molecule has 0 bridgehead atoms. The van der Waals surface area contributed by atoms with Gasteiger partial charge in [-0.25, -0.2) is 0 Å². The Morgan fingerprint density at radius 2 is 1.72 bits per heavy atom. The van der Waals surface area contributed by atoms with Gasteiger partial charge in [-0.15, -0.1) is 0 Å². The van der Waals surface area contributed by atoms with Gasteiger partial charge in [0.05, 0.1) is 4.92 Å². The molecule has 25 heavy (non-hydrogen) atoms. The normalized spacial score (nSPS) is 14.5. The summed E-state index contributed by atoms with van der Waals surface area (Å²) < 4.78 is 13.8. The molecule has 1 amide bonds. The van der Waals surface area contributed by atoms with Gasteiger partial charge >= 0.3 is 5.69 Å². The number of benzene rings is 2. The Morgan fingerprint density at radius 1 is 1.08 bits per heavy atom. The number of para-hydroxylation sites is 1. The molecule has 0 spiro atoms. The van der Waals surface area contributed by atoms with Crippen LogP contribution in [-0.4, -0.2) is 41.9 Å². The number of nitro groups is 1. The van der Waals surface area contributed by atoms with Crippen molar-refractivity contribution in [2.75, 3.05) is 31.1 Å². The molecule has 2 aromatic rings. The van der Waals surface area contributed by atoms with Crippen LogP contribution in [0.5, 0.6) is 0 Å². The van der Waals surface area contributed by atoms with Gasteiger partial charge in [0, 0.05) is 31.7 Å². The van der Waals surface area contributed by atoms with Crippen LogP contribution < -0.4 is 4.90 Å². The summed E-state index contributed by atoms with van der Waals surface area (Å²) >= 11 is 0. The zero-order chi connectivity index (χ0) is 18.0. The van der Waals surface area contributed by atoms with Crippen LogP contribution in [0.15, 0.2) is 42.5 Å².